The smallest absolute Gasteiger partial charge is 0.422 e. The Kier molecular flexibility index (Phi) is 3.28. The Hall–Kier alpha value is -0.860. The van der Waals surface area contributed by atoms with Gasteiger partial charge in [-0.25, -0.2) is 9.52 Å². The molecule has 1 amide bonds. The molecule has 2 aliphatic rings. The van der Waals surface area contributed by atoms with Gasteiger partial charge in [-0.3, -0.25) is 0 Å². The van der Waals surface area contributed by atoms with Gasteiger partial charge < -0.3 is 9.84 Å². The zero-order valence-corrected chi connectivity index (χ0v) is 11.2. The summed E-state index contributed by atoms with van der Waals surface area (Å²) < 4.78 is 31.0. The molecule has 1 aliphatic carbocycles. The summed E-state index contributed by atoms with van der Waals surface area (Å²) in [6, 6.07) is 0. The molecule has 2 N–H and O–H groups in total. The fourth-order valence-electron chi connectivity index (χ4n) is 2.02. The summed E-state index contributed by atoms with van der Waals surface area (Å²) in [6.45, 7) is 3.34. The fraction of sp³-hybridized carbons (Fsp3) is 0.900. The standard InChI is InChI=1S/C10H18N2O5S/c1-7(2)17-9(13)11-18(15,16)12-5-10(14,6-12)8-3-4-8/h7-8,14H,3-6H2,1-2H3,(H,11,13). The van der Waals surface area contributed by atoms with Crippen molar-refractivity contribution in [2.75, 3.05) is 13.1 Å². The molecule has 2 fully saturated rings. The lowest BCUT2D eigenvalue weighted by atomic mass is 9.91. The monoisotopic (exact) mass is 278 g/mol. The van der Waals surface area contributed by atoms with Crippen LogP contribution in [0.25, 0.3) is 0 Å². The minimum atomic E-state index is -3.90. The van der Waals surface area contributed by atoms with Crippen LogP contribution in [0.5, 0.6) is 0 Å². The van der Waals surface area contributed by atoms with Crippen molar-refractivity contribution in [3.05, 3.63) is 0 Å². The highest BCUT2D eigenvalue weighted by Crippen LogP contribution is 2.45. The van der Waals surface area contributed by atoms with Crippen LogP contribution in [0, 0.1) is 5.92 Å². The van der Waals surface area contributed by atoms with E-state index in [9.17, 15) is 18.3 Å². The zero-order chi connectivity index (χ0) is 13.6. The molecule has 0 bridgehead atoms. The van der Waals surface area contributed by atoms with Gasteiger partial charge in [-0.05, 0) is 32.6 Å². The van der Waals surface area contributed by atoms with Crippen LogP contribution in [0.4, 0.5) is 4.79 Å². The van der Waals surface area contributed by atoms with Gasteiger partial charge in [0.25, 0.3) is 0 Å². The summed E-state index contributed by atoms with van der Waals surface area (Å²) in [5.41, 5.74) is -0.906. The molecule has 0 radical (unpaired) electrons. The van der Waals surface area contributed by atoms with E-state index in [-0.39, 0.29) is 25.1 Å². The Balaban J connectivity index is 1.87. The zero-order valence-electron chi connectivity index (χ0n) is 10.4. The maximum absolute atomic E-state index is 11.7. The fourth-order valence-corrected chi connectivity index (χ4v) is 3.20. The van der Waals surface area contributed by atoms with E-state index >= 15 is 0 Å². The number of nitrogens with zero attached hydrogens (tertiary/aromatic N) is 1. The minimum Gasteiger partial charge on any atom is -0.446 e. The minimum absolute atomic E-state index is 0.0436. The predicted octanol–water partition coefficient (Wildman–Crippen LogP) is -0.178. The summed E-state index contributed by atoms with van der Waals surface area (Å²) in [5, 5.41) is 10.0. The van der Waals surface area contributed by atoms with Gasteiger partial charge in [0.1, 0.15) is 0 Å². The molecule has 8 heteroatoms. The van der Waals surface area contributed by atoms with E-state index in [1.807, 2.05) is 4.72 Å². The molecule has 7 nitrogen and oxygen atoms in total. The predicted molar refractivity (Wildman–Crippen MR) is 62.9 cm³/mol. The van der Waals surface area contributed by atoms with Crippen LogP contribution in [0.1, 0.15) is 26.7 Å². The van der Waals surface area contributed by atoms with Crippen LogP contribution in [-0.2, 0) is 14.9 Å². The van der Waals surface area contributed by atoms with E-state index in [2.05, 4.69) is 0 Å². The molecule has 0 unspecified atom stereocenters. The number of nitrogens with one attached hydrogen (secondary N) is 1. The summed E-state index contributed by atoms with van der Waals surface area (Å²) in [4.78, 5) is 11.2. The van der Waals surface area contributed by atoms with Crippen molar-refractivity contribution in [1.82, 2.24) is 9.03 Å². The van der Waals surface area contributed by atoms with Crippen LogP contribution >= 0.6 is 0 Å². The average molecular weight is 278 g/mol. The number of ether oxygens (including phenoxy) is 1. The van der Waals surface area contributed by atoms with Gasteiger partial charge in [-0.2, -0.15) is 12.7 Å². The van der Waals surface area contributed by atoms with Crippen molar-refractivity contribution in [1.29, 1.82) is 0 Å². The summed E-state index contributed by atoms with van der Waals surface area (Å²) in [5.74, 6) is 0.201. The van der Waals surface area contributed by atoms with Crippen LogP contribution < -0.4 is 4.72 Å². The molecule has 1 saturated heterocycles. The largest absolute Gasteiger partial charge is 0.446 e. The molecule has 1 heterocycles. The van der Waals surface area contributed by atoms with Gasteiger partial charge >= 0.3 is 16.3 Å². The number of rotatable bonds is 4. The first-order chi connectivity index (χ1) is 8.23. The van der Waals surface area contributed by atoms with Crippen molar-refractivity contribution in [3.63, 3.8) is 0 Å². The number of hydrogen-bond acceptors (Lipinski definition) is 5. The van der Waals surface area contributed by atoms with Crippen molar-refractivity contribution in [2.24, 2.45) is 5.92 Å². The molecule has 104 valence electrons. The van der Waals surface area contributed by atoms with E-state index in [1.165, 1.54) is 0 Å². The molecule has 1 saturated carbocycles. The Morgan fingerprint density at radius 2 is 2.00 bits per heavy atom. The second-order valence-electron chi connectivity index (χ2n) is 5.21. The quantitative estimate of drug-likeness (QED) is 0.744. The molecule has 1 aliphatic heterocycles. The molecule has 0 aromatic rings. The molecular weight excluding hydrogens is 260 g/mol. The van der Waals surface area contributed by atoms with Gasteiger partial charge in [0.15, 0.2) is 0 Å². The average Bonchev–Trinajstić information content (AvgIpc) is 2.92. The van der Waals surface area contributed by atoms with E-state index in [4.69, 9.17) is 4.74 Å². The summed E-state index contributed by atoms with van der Waals surface area (Å²) >= 11 is 0. The Labute approximate surface area is 106 Å². The Morgan fingerprint density at radius 1 is 1.44 bits per heavy atom. The first kappa shape index (κ1) is 13.6. The first-order valence-electron chi connectivity index (χ1n) is 5.94. The van der Waals surface area contributed by atoms with Gasteiger partial charge in [-0.1, -0.05) is 0 Å². The third kappa shape index (κ3) is 2.76. The SMILES string of the molecule is CC(C)OC(=O)NS(=O)(=O)N1CC(O)(C2CC2)C1. The third-order valence-electron chi connectivity index (χ3n) is 3.13. The highest BCUT2D eigenvalue weighted by Gasteiger charge is 2.55. The maximum Gasteiger partial charge on any atom is 0.422 e. The Bertz CT molecular complexity index is 437. The second-order valence-corrected chi connectivity index (χ2v) is 6.88. The molecule has 0 spiro atoms. The Morgan fingerprint density at radius 3 is 2.44 bits per heavy atom. The molecule has 0 aromatic heterocycles. The number of aliphatic hydroxyl groups is 1. The van der Waals surface area contributed by atoms with E-state index in [0.717, 1.165) is 17.1 Å². The lowest BCUT2D eigenvalue weighted by molar-refractivity contribution is -0.0769. The maximum atomic E-state index is 11.7. The van der Waals surface area contributed by atoms with E-state index < -0.39 is 21.9 Å². The molecule has 0 atom stereocenters. The van der Waals surface area contributed by atoms with Crippen molar-refractivity contribution < 1.29 is 23.1 Å². The highest BCUT2D eigenvalue weighted by molar-refractivity contribution is 7.87. The van der Waals surface area contributed by atoms with Gasteiger partial charge in [0, 0.05) is 13.1 Å². The number of carbonyl (C=O) groups excluding carboxylic acids is 1. The molecule has 0 aromatic carbocycles. The van der Waals surface area contributed by atoms with Crippen molar-refractivity contribution in [2.45, 2.75) is 38.4 Å². The number of carbonyl (C=O) groups is 1. The first-order valence-corrected chi connectivity index (χ1v) is 7.38. The van der Waals surface area contributed by atoms with Gasteiger partial charge in [-0.15, -0.1) is 0 Å². The highest BCUT2D eigenvalue weighted by atomic mass is 32.2. The molecule has 18 heavy (non-hydrogen) atoms. The van der Waals surface area contributed by atoms with E-state index in [1.54, 1.807) is 13.8 Å². The molecule has 2 rings (SSSR count). The van der Waals surface area contributed by atoms with Crippen molar-refractivity contribution in [3.8, 4) is 0 Å². The third-order valence-corrected chi connectivity index (χ3v) is 4.50. The van der Waals surface area contributed by atoms with Crippen LogP contribution in [-0.4, -0.2) is 48.7 Å². The number of hydrogen-bond donors (Lipinski definition) is 2. The number of β-amino-alcohol motifs (C(OH)–C–C–N with tert-alkyl or cyclic N) is 1. The van der Waals surface area contributed by atoms with Gasteiger partial charge in [0.05, 0.1) is 11.7 Å². The summed E-state index contributed by atoms with van der Waals surface area (Å²) in [7, 11) is -3.90. The second kappa shape index (κ2) is 4.36. The van der Waals surface area contributed by atoms with Crippen LogP contribution in [0.3, 0.4) is 0 Å². The molecular formula is C10H18N2O5S. The lowest BCUT2D eigenvalue weighted by Crippen LogP contribution is -2.66. The van der Waals surface area contributed by atoms with Gasteiger partial charge in [0.2, 0.25) is 0 Å². The van der Waals surface area contributed by atoms with E-state index in [0.29, 0.717) is 0 Å². The topological polar surface area (TPSA) is 95.9 Å². The normalized spacial score (nSPS) is 23.6. The lowest BCUT2D eigenvalue weighted by Gasteiger charge is -2.45. The van der Waals surface area contributed by atoms with Crippen LogP contribution in [0.2, 0.25) is 0 Å². The van der Waals surface area contributed by atoms with Crippen LogP contribution in [0.15, 0.2) is 0 Å². The summed E-state index contributed by atoms with van der Waals surface area (Å²) in [6.07, 6.45) is 0.493. The number of amides is 1. The van der Waals surface area contributed by atoms with Crippen molar-refractivity contribution >= 4 is 16.3 Å².